The fraction of sp³-hybridized carbons (Fsp3) is 0.429. The topological polar surface area (TPSA) is 78.9 Å². The number of nitrogens with zero attached hydrogens (tertiary/aromatic N) is 1. The van der Waals surface area contributed by atoms with Crippen LogP contribution in [0.4, 0.5) is 5.69 Å². The molecule has 1 aromatic rings. The summed E-state index contributed by atoms with van der Waals surface area (Å²) in [4.78, 5) is 12.7. The van der Waals surface area contributed by atoms with E-state index in [1.54, 1.807) is 25.1 Å². The number of hydrogen-bond acceptors (Lipinski definition) is 4. The highest BCUT2D eigenvalue weighted by Gasteiger charge is 2.29. The number of carbonyl (C=O) groups excluding carboxylic acids is 1. The van der Waals surface area contributed by atoms with Gasteiger partial charge in [0, 0.05) is 15.6 Å². The molecule has 0 aliphatic carbocycles. The predicted octanol–water partition coefficient (Wildman–Crippen LogP) is 3.07. The van der Waals surface area contributed by atoms with Gasteiger partial charge in [0.2, 0.25) is 5.91 Å². The molecule has 3 N–H and O–H groups in total. The lowest BCUT2D eigenvalue weighted by Crippen LogP contribution is -2.49. The first-order valence-corrected chi connectivity index (χ1v) is 7.55. The fourth-order valence-corrected chi connectivity index (χ4v) is 2.35. The first kappa shape index (κ1) is 16.7. The van der Waals surface area contributed by atoms with Crippen molar-refractivity contribution in [2.45, 2.75) is 31.2 Å². The molecule has 0 fully saturated rings. The summed E-state index contributed by atoms with van der Waals surface area (Å²) in [6.45, 7) is 5.51. The van der Waals surface area contributed by atoms with Crippen molar-refractivity contribution in [3.05, 3.63) is 23.2 Å². The van der Waals surface area contributed by atoms with Crippen LogP contribution in [0.5, 0.6) is 0 Å². The van der Waals surface area contributed by atoms with Crippen molar-refractivity contribution >= 4 is 35.0 Å². The molecule has 0 aliphatic heterocycles. The van der Waals surface area contributed by atoms with Crippen LogP contribution in [0.3, 0.4) is 0 Å². The number of thioether (sulfide) groups is 1. The van der Waals surface area contributed by atoms with Gasteiger partial charge in [-0.3, -0.25) is 4.79 Å². The molecule has 20 heavy (non-hydrogen) atoms. The molecule has 0 radical (unpaired) electrons. The monoisotopic (exact) mass is 311 g/mol. The minimum absolute atomic E-state index is 0.0297. The van der Waals surface area contributed by atoms with Crippen LogP contribution in [0.2, 0.25) is 5.02 Å². The van der Waals surface area contributed by atoms with E-state index in [0.717, 1.165) is 4.90 Å². The summed E-state index contributed by atoms with van der Waals surface area (Å²) in [5, 5.41) is 12.5. The van der Waals surface area contributed by atoms with Crippen LogP contribution in [-0.4, -0.2) is 17.2 Å². The van der Waals surface area contributed by atoms with E-state index in [2.05, 4.69) is 11.4 Å². The number of halogens is 1. The Morgan fingerprint density at radius 2 is 2.25 bits per heavy atom. The van der Waals surface area contributed by atoms with Gasteiger partial charge in [-0.25, -0.2) is 0 Å². The van der Waals surface area contributed by atoms with Crippen molar-refractivity contribution in [2.75, 3.05) is 11.5 Å². The Balaban J connectivity index is 2.62. The Morgan fingerprint density at radius 1 is 1.60 bits per heavy atom. The Hall–Kier alpha value is -1.38. The minimum atomic E-state index is -0.858. The highest BCUT2D eigenvalue weighted by atomic mass is 35.5. The van der Waals surface area contributed by atoms with E-state index < -0.39 is 5.54 Å². The molecule has 0 spiro atoms. The van der Waals surface area contributed by atoms with Gasteiger partial charge in [0.05, 0.1) is 11.8 Å². The standard InChI is InChI=1S/C14H18ClN3OS/c1-9(2)14(3,8-16)18-13(19)7-20-12-5-4-10(15)6-11(12)17/h4-6,9H,7,17H2,1-3H3,(H,18,19). The zero-order valence-electron chi connectivity index (χ0n) is 11.7. The lowest BCUT2D eigenvalue weighted by Gasteiger charge is -2.27. The maximum atomic E-state index is 11.9. The van der Waals surface area contributed by atoms with Gasteiger partial charge < -0.3 is 11.1 Å². The van der Waals surface area contributed by atoms with Crippen molar-refractivity contribution in [2.24, 2.45) is 5.92 Å². The first-order valence-electron chi connectivity index (χ1n) is 6.18. The van der Waals surface area contributed by atoms with E-state index >= 15 is 0 Å². The minimum Gasteiger partial charge on any atom is -0.398 e. The maximum absolute atomic E-state index is 11.9. The third kappa shape index (κ3) is 4.32. The SMILES string of the molecule is CC(C)C(C)(C#N)NC(=O)CSc1ccc(Cl)cc1N. The highest BCUT2D eigenvalue weighted by molar-refractivity contribution is 8.00. The predicted molar refractivity (Wildman–Crippen MR) is 83.6 cm³/mol. The van der Waals surface area contributed by atoms with Gasteiger partial charge in [0.15, 0.2) is 0 Å². The van der Waals surface area contributed by atoms with Crippen LogP contribution in [0, 0.1) is 17.2 Å². The quantitative estimate of drug-likeness (QED) is 0.647. The normalized spacial score (nSPS) is 13.6. The van der Waals surface area contributed by atoms with E-state index in [4.69, 9.17) is 22.6 Å². The Morgan fingerprint density at radius 3 is 2.75 bits per heavy atom. The Labute approximate surface area is 128 Å². The molecule has 0 aliphatic rings. The van der Waals surface area contributed by atoms with Gasteiger partial charge in [-0.2, -0.15) is 5.26 Å². The summed E-state index contributed by atoms with van der Waals surface area (Å²) in [6.07, 6.45) is 0. The average molecular weight is 312 g/mol. The van der Waals surface area contributed by atoms with Crippen LogP contribution >= 0.6 is 23.4 Å². The van der Waals surface area contributed by atoms with Crippen molar-refractivity contribution < 1.29 is 4.79 Å². The Kier molecular flexibility index (Phi) is 5.73. The summed E-state index contributed by atoms with van der Waals surface area (Å²) >= 11 is 7.14. The smallest absolute Gasteiger partial charge is 0.231 e. The maximum Gasteiger partial charge on any atom is 0.231 e. The van der Waals surface area contributed by atoms with Crippen LogP contribution in [0.1, 0.15) is 20.8 Å². The van der Waals surface area contributed by atoms with Crippen molar-refractivity contribution in [1.29, 1.82) is 5.26 Å². The lowest BCUT2D eigenvalue weighted by molar-refractivity contribution is -0.120. The van der Waals surface area contributed by atoms with Crippen LogP contribution in [0.15, 0.2) is 23.1 Å². The molecule has 0 saturated heterocycles. The van der Waals surface area contributed by atoms with Crippen molar-refractivity contribution in [3.63, 3.8) is 0 Å². The van der Waals surface area contributed by atoms with Gasteiger partial charge in [-0.05, 0) is 31.0 Å². The van der Waals surface area contributed by atoms with Gasteiger partial charge in [0.1, 0.15) is 5.54 Å². The zero-order chi connectivity index (χ0) is 15.3. The lowest BCUT2D eigenvalue weighted by atomic mass is 9.90. The van der Waals surface area contributed by atoms with Crippen LogP contribution in [-0.2, 0) is 4.79 Å². The highest BCUT2D eigenvalue weighted by Crippen LogP contribution is 2.27. The number of rotatable bonds is 5. The van der Waals surface area contributed by atoms with E-state index in [1.807, 2.05) is 13.8 Å². The first-order chi connectivity index (χ1) is 9.28. The van der Waals surface area contributed by atoms with Gasteiger partial charge in [0.25, 0.3) is 0 Å². The molecule has 1 unspecified atom stereocenters. The molecule has 1 rings (SSSR count). The zero-order valence-corrected chi connectivity index (χ0v) is 13.3. The molecule has 0 aromatic heterocycles. The molecule has 108 valence electrons. The largest absolute Gasteiger partial charge is 0.398 e. The second-order valence-electron chi connectivity index (χ2n) is 4.99. The molecule has 6 heteroatoms. The second kappa shape index (κ2) is 6.87. The number of amides is 1. The molecule has 1 atom stereocenters. The number of carbonyl (C=O) groups is 1. The molecule has 1 aromatic carbocycles. The van der Waals surface area contributed by atoms with Gasteiger partial charge in [-0.1, -0.05) is 25.4 Å². The van der Waals surface area contributed by atoms with Crippen LogP contribution < -0.4 is 11.1 Å². The molecule has 4 nitrogen and oxygen atoms in total. The summed E-state index contributed by atoms with van der Waals surface area (Å²) in [6, 6.07) is 7.30. The number of nitrogens with one attached hydrogen (secondary N) is 1. The number of benzene rings is 1. The average Bonchev–Trinajstić information content (AvgIpc) is 2.37. The molecule has 0 bridgehead atoms. The number of anilines is 1. The molecular weight excluding hydrogens is 294 g/mol. The second-order valence-corrected chi connectivity index (χ2v) is 6.44. The number of nitrogen functional groups attached to an aromatic ring is 1. The number of nitrogens with two attached hydrogens (primary N) is 1. The Bertz CT molecular complexity index is 542. The molecular formula is C14H18ClN3OS. The van der Waals surface area contributed by atoms with E-state index in [1.165, 1.54) is 11.8 Å². The van der Waals surface area contributed by atoms with Crippen LogP contribution in [0.25, 0.3) is 0 Å². The third-order valence-corrected chi connectivity index (χ3v) is 4.44. The summed E-state index contributed by atoms with van der Waals surface area (Å²) in [7, 11) is 0. The fourth-order valence-electron chi connectivity index (χ4n) is 1.42. The molecule has 0 saturated carbocycles. The summed E-state index contributed by atoms with van der Waals surface area (Å²) in [5.41, 5.74) is 5.51. The molecule has 1 amide bonds. The van der Waals surface area contributed by atoms with E-state index in [0.29, 0.717) is 10.7 Å². The van der Waals surface area contributed by atoms with E-state index in [9.17, 15) is 4.79 Å². The number of hydrogen-bond donors (Lipinski definition) is 2. The van der Waals surface area contributed by atoms with E-state index in [-0.39, 0.29) is 17.6 Å². The third-order valence-electron chi connectivity index (χ3n) is 3.12. The summed E-state index contributed by atoms with van der Waals surface area (Å²) < 4.78 is 0. The summed E-state index contributed by atoms with van der Waals surface area (Å²) in [5.74, 6) is 0.0414. The molecule has 0 heterocycles. The van der Waals surface area contributed by atoms with Gasteiger partial charge in [-0.15, -0.1) is 11.8 Å². The van der Waals surface area contributed by atoms with Crippen molar-refractivity contribution in [1.82, 2.24) is 5.32 Å². The van der Waals surface area contributed by atoms with Gasteiger partial charge >= 0.3 is 0 Å². The van der Waals surface area contributed by atoms with Crippen molar-refractivity contribution in [3.8, 4) is 6.07 Å². The number of nitriles is 1.